The Kier molecular flexibility index (Phi) is 8.13. The zero-order valence-corrected chi connectivity index (χ0v) is 18.9. The number of guanidine groups is 1. The lowest BCUT2D eigenvalue weighted by Gasteiger charge is -2.25. The molecule has 8 heteroatoms. The minimum Gasteiger partial charge on any atom is -0.353 e. The molecule has 1 saturated carbocycles. The summed E-state index contributed by atoms with van der Waals surface area (Å²) in [6.07, 6.45) is 0.779. The number of amides is 1. The molecule has 1 aromatic rings. The van der Waals surface area contributed by atoms with Crippen molar-refractivity contribution in [1.82, 2.24) is 15.5 Å². The molecule has 0 spiro atoms. The number of carbonyl (C=O) groups is 1. The molecule has 5 nitrogen and oxygen atoms in total. The first-order chi connectivity index (χ1) is 11.6. The summed E-state index contributed by atoms with van der Waals surface area (Å²) in [5, 5.41) is 6.65. The number of hydrogen-bond donors (Lipinski definition) is 2. The van der Waals surface area contributed by atoms with Crippen molar-refractivity contribution in [3.63, 3.8) is 0 Å². The fraction of sp³-hybridized carbons (Fsp3) is 0.556. The number of nitrogens with zero attached hydrogens (tertiary/aromatic N) is 2. The van der Waals surface area contributed by atoms with Crippen molar-refractivity contribution in [3.8, 4) is 0 Å². The molecule has 2 unspecified atom stereocenters. The highest BCUT2D eigenvalue weighted by Crippen LogP contribution is 2.44. The fourth-order valence-electron chi connectivity index (χ4n) is 2.80. The summed E-state index contributed by atoms with van der Waals surface area (Å²) < 4.78 is 14.0. The van der Waals surface area contributed by atoms with Crippen molar-refractivity contribution in [3.05, 3.63) is 34.6 Å². The number of carbonyl (C=O) groups excluding carboxylic acids is 1. The number of hydrogen-bond acceptors (Lipinski definition) is 2. The third-order valence-electron chi connectivity index (χ3n) is 3.94. The number of likely N-dealkylation sites (N-methyl/N-ethyl adjacent to an activating group) is 1. The van der Waals surface area contributed by atoms with Crippen LogP contribution in [0, 0.1) is 5.82 Å². The van der Waals surface area contributed by atoms with E-state index in [0.717, 1.165) is 6.42 Å². The number of rotatable bonds is 4. The molecule has 2 rings (SSSR count). The molecule has 2 N–H and O–H groups in total. The molecular weight excluding hydrogens is 470 g/mol. The molecule has 0 aromatic heterocycles. The van der Waals surface area contributed by atoms with Crippen molar-refractivity contribution in [2.45, 2.75) is 44.7 Å². The largest absolute Gasteiger partial charge is 0.353 e. The van der Waals surface area contributed by atoms with Crippen LogP contribution in [0.5, 0.6) is 0 Å². The average Bonchev–Trinajstić information content (AvgIpc) is 3.21. The van der Waals surface area contributed by atoms with Gasteiger partial charge in [-0.15, -0.1) is 24.0 Å². The molecule has 0 bridgehead atoms. The molecule has 0 saturated heterocycles. The van der Waals surface area contributed by atoms with E-state index in [1.54, 1.807) is 31.1 Å². The fourth-order valence-corrected chi connectivity index (χ4v) is 3.10. The quantitative estimate of drug-likeness (QED) is 0.382. The number of halogens is 3. The third-order valence-corrected chi connectivity index (χ3v) is 4.27. The van der Waals surface area contributed by atoms with Crippen LogP contribution in [0.2, 0.25) is 5.02 Å². The SMILES string of the molecule is CN=C(NC1CC1c1c(F)cccc1Cl)N(C)CC(=O)NC(C)(C)C.I. The van der Waals surface area contributed by atoms with Crippen LogP contribution in [0.1, 0.15) is 38.7 Å². The average molecular weight is 497 g/mol. The number of nitrogens with one attached hydrogen (secondary N) is 2. The van der Waals surface area contributed by atoms with Gasteiger partial charge in [0.1, 0.15) is 5.82 Å². The third kappa shape index (κ3) is 6.26. The molecule has 26 heavy (non-hydrogen) atoms. The Morgan fingerprint density at radius 1 is 1.42 bits per heavy atom. The van der Waals surface area contributed by atoms with Gasteiger partial charge in [-0.25, -0.2) is 4.39 Å². The van der Waals surface area contributed by atoms with Gasteiger partial charge >= 0.3 is 0 Å². The van der Waals surface area contributed by atoms with Gasteiger partial charge in [-0.05, 0) is 39.3 Å². The summed E-state index contributed by atoms with van der Waals surface area (Å²) in [5.74, 6) is 0.253. The van der Waals surface area contributed by atoms with Crippen LogP contribution in [-0.2, 0) is 4.79 Å². The molecule has 1 amide bonds. The summed E-state index contributed by atoms with van der Waals surface area (Å²) in [6, 6.07) is 4.79. The highest BCUT2D eigenvalue weighted by molar-refractivity contribution is 14.0. The monoisotopic (exact) mass is 496 g/mol. The smallest absolute Gasteiger partial charge is 0.240 e. The summed E-state index contributed by atoms with van der Waals surface area (Å²) >= 11 is 6.13. The molecule has 1 aliphatic rings. The lowest BCUT2D eigenvalue weighted by molar-refractivity contribution is -0.122. The van der Waals surface area contributed by atoms with E-state index >= 15 is 0 Å². The van der Waals surface area contributed by atoms with Crippen LogP contribution < -0.4 is 10.6 Å². The van der Waals surface area contributed by atoms with Crippen LogP contribution in [0.15, 0.2) is 23.2 Å². The Balaban J connectivity index is 0.00000338. The topological polar surface area (TPSA) is 56.7 Å². The molecule has 1 aliphatic carbocycles. The maximum Gasteiger partial charge on any atom is 0.240 e. The first kappa shape index (κ1) is 23.0. The van der Waals surface area contributed by atoms with Crippen molar-refractivity contribution in [2.24, 2.45) is 4.99 Å². The Morgan fingerprint density at radius 3 is 2.62 bits per heavy atom. The maximum absolute atomic E-state index is 14.0. The second-order valence-electron chi connectivity index (χ2n) is 7.43. The predicted molar refractivity (Wildman–Crippen MR) is 115 cm³/mol. The van der Waals surface area contributed by atoms with Crippen molar-refractivity contribution >= 4 is 47.4 Å². The van der Waals surface area contributed by atoms with Gasteiger partial charge in [-0.2, -0.15) is 0 Å². The second kappa shape index (κ2) is 9.21. The van der Waals surface area contributed by atoms with Gasteiger partial charge in [0.05, 0.1) is 6.54 Å². The van der Waals surface area contributed by atoms with Gasteiger partial charge < -0.3 is 15.5 Å². The van der Waals surface area contributed by atoms with Gasteiger partial charge in [0.15, 0.2) is 5.96 Å². The van der Waals surface area contributed by atoms with E-state index in [1.807, 2.05) is 20.8 Å². The predicted octanol–water partition coefficient (Wildman–Crippen LogP) is 3.37. The summed E-state index contributed by atoms with van der Waals surface area (Å²) in [7, 11) is 3.46. The normalized spacial score (nSPS) is 19.4. The lowest BCUT2D eigenvalue weighted by Crippen LogP contribution is -2.49. The Labute approximate surface area is 176 Å². The van der Waals surface area contributed by atoms with Crippen molar-refractivity contribution < 1.29 is 9.18 Å². The van der Waals surface area contributed by atoms with E-state index < -0.39 is 0 Å². The minimum absolute atomic E-state index is 0. The molecule has 1 fully saturated rings. The van der Waals surface area contributed by atoms with Gasteiger partial charge in [0.2, 0.25) is 5.91 Å². The number of aliphatic imine (C=N–C) groups is 1. The standard InChI is InChI=1S/C18H26ClFN4O.HI/c1-18(2,3)23-15(25)10-24(5)17(21-4)22-14-9-11(14)16-12(19)7-6-8-13(16)20;/h6-8,11,14H,9-10H2,1-5H3,(H,21,22)(H,23,25);1H. The van der Waals surface area contributed by atoms with Gasteiger partial charge in [0.25, 0.3) is 0 Å². The summed E-state index contributed by atoms with van der Waals surface area (Å²) in [5.41, 5.74) is 0.267. The zero-order valence-electron chi connectivity index (χ0n) is 15.8. The molecule has 1 aromatic carbocycles. The van der Waals surface area contributed by atoms with Crippen molar-refractivity contribution in [1.29, 1.82) is 0 Å². The van der Waals surface area contributed by atoms with E-state index in [2.05, 4.69) is 15.6 Å². The highest BCUT2D eigenvalue weighted by atomic mass is 127. The molecular formula is C18H27ClFIN4O. The van der Waals surface area contributed by atoms with Crippen LogP contribution >= 0.6 is 35.6 Å². The molecule has 0 radical (unpaired) electrons. The number of benzene rings is 1. The van der Waals surface area contributed by atoms with E-state index in [1.165, 1.54) is 6.07 Å². The minimum atomic E-state index is -0.283. The Morgan fingerprint density at radius 2 is 2.08 bits per heavy atom. The first-order valence-corrected chi connectivity index (χ1v) is 8.69. The molecule has 2 atom stereocenters. The second-order valence-corrected chi connectivity index (χ2v) is 7.84. The summed E-state index contributed by atoms with van der Waals surface area (Å²) in [4.78, 5) is 18.0. The van der Waals surface area contributed by atoms with Crippen LogP contribution in [0.4, 0.5) is 4.39 Å². The Bertz CT molecular complexity index is 657. The van der Waals surface area contributed by atoms with Crippen molar-refractivity contribution in [2.75, 3.05) is 20.6 Å². The molecule has 0 heterocycles. The van der Waals surface area contributed by atoms with Gasteiger partial charge in [-0.3, -0.25) is 9.79 Å². The van der Waals surface area contributed by atoms with E-state index in [9.17, 15) is 9.18 Å². The van der Waals surface area contributed by atoms with Crippen LogP contribution in [0.25, 0.3) is 0 Å². The summed E-state index contributed by atoms with van der Waals surface area (Å²) in [6.45, 7) is 6.00. The molecule has 146 valence electrons. The van der Waals surface area contributed by atoms with E-state index in [-0.39, 0.29) is 59.7 Å². The van der Waals surface area contributed by atoms with Gasteiger partial charge in [-0.1, -0.05) is 17.7 Å². The van der Waals surface area contributed by atoms with Crippen LogP contribution in [0.3, 0.4) is 0 Å². The van der Waals surface area contributed by atoms with E-state index in [4.69, 9.17) is 11.6 Å². The molecule has 0 aliphatic heterocycles. The highest BCUT2D eigenvalue weighted by Gasteiger charge is 2.42. The first-order valence-electron chi connectivity index (χ1n) is 8.31. The van der Waals surface area contributed by atoms with Crippen LogP contribution in [-0.4, -0.2) is 49.0 Å². The lowest BCUT2D eigenvalue weighted by atomic mass is 10.1. The van der Waals surface area contributed by atoms with Gasteiger partial charge in [0, 0.05) is 42.2 Å². The van der Waals surface area contributed by atoms with E-state index in [0.29, 0.717) is 16.5 Å². The zero-order chi connectivity index (χ0) is 18.8. The maximum atomic E-state index is 14.0. The Hall–Kier alpha value is -1.09.